The van der Waals surface area contributed by atoms with Gasteiger partial charge in [0.1, 0.15) is 6.54 Å². The Bertz CT molecular complexity index is 1320. The van der Waals surface area contributed by atoms with Crippen LogP contribution in [0.5, 0.6) is 0 Å². The van der Waals surface area contributed by atoms with Crippen LogP contribution < -0.4 is 10.2 Å². The standard InChI is InChI=1S/C24H19ClN4O2S/c25-17-10-11-21-19(12-17)27-24(29(21)13-16-6-2-1-3-7-16)32-15-23(31)28-14-22(30)26-18-8-4-5-9-20(18)28/h1-12H,13-15H2,(H,26,30). The number of para-hydroxylation sites is 2. The highest BCUT2D eigenvalue weighted by Crippen LogP contribution is 2.31. The second kappa shape index (κ2) is 8.68. The monoisotopic (exact) mass is 462 g/mol. The van der Waals surface area contributed by atoms with E-state index >= 15 is 0 Å². The number of imidazole rings is 1. The third-order valence-electron chi connectivity index (χ3n) is 5.26. The van der Waals surface area contributed by atoms with E-state index in [0.29, 0.717) is 22.9 Å². The van der Waals surface area contributed by atoms with Gasteiger partial charge in [0.15, 0.2) is 5.16 Å². The Labute approximate surface area is 194 Å². The fourth-order valence-electron chi connectivity index (χ4n) is 3.77. The first-order chi connectivity index (χ1) is 15.6. The van der Waals surface area contributed by atoms with Gasteiger partial charge in [-0.15, -0.1) is 0 Å². The van der Waals surface area contributed by atoms with Crippen LogP contribution in [0, 0.1) is 0 Å². The van der Waals surface area contributed by atoms with Gasteiger partial charge in [0.25, 0.3) is 0 Å². The molecule has 1 aliphatic heterocycles. The SMILES string of the molecule is O=C1CN(C(=O)CSc2nc3cc(Cl)ccc3n2Cc2ccccc2)c2ccccc2N1. The van der Waals surface area contributed by atoms with E-state index < -0.39 is 0 Å². The lowest BCUT2D eigenvalue weighted by Gasteiger charge is -2.29. The maximum absolute atomic E-state index is 13.1. The van der Waals surface area contributed by atoms with Crippen LogP contribution in [-0.2, 0) is 16.1 Å². The van der Waals surface area contributed by atoms with E-state index in [2.05, 4.69) is 22.0 Å². The summed E-state index contributed by atoms with van der Waals surface area (Å²) in [6, 6.07) is 23.0. The smallest absolute Gasteiger partial charge is 0.244 e. The van der Waals surface area contributed by atoms with Crippen LogP contribution in [0.2, 0.25) is 5.02 Å². The minimum atomic E-state index is -0.201. The topological polar surface area (TPSA) is 67.2 Å². The third-order valence-corrected chi connectivity index (χ3v) is 6.45. The first-order valence-electron chi connectivity index (χ1n) is 10.1. The Kier molecular flexibility index (Phi) is 5.59. The predicted molar refractivity (Wildman–Crippen MR) is 128 cm³/mol. The van der Waals surface area contributed by atoms with Crippen LogP contribution in [0.15, 0.2) is 78.0 Å². The summed E-state index contributed by atoms with van der Waals surface area (Å²) in [7, 11) is 0. The zero-order valence-corrected chi connectivity index (χ0v) is 18.6. The molecule has 0 saturated carbocycles. The molecule has 0 radical (unpaired) electrons. The molecule has 32 heavy (non-hydrogen) atoms. The van der Waals surface area contributed by atoms with Crippen LogP contribution in [0.4, 0.5) is 11.4 Å². The van der Waals surface area contributed by atoms with E-state index in [-0.39, 0.29) is 24.1 Å². The molecule has 0 saturated heterocycles. The van der Waals surface area contributed by atoms with Crippen molar-refractivity contribution in [2.45, 2.75) is 11.7 Å². The number of amides is 2. The highest BCUT2D eigenvalue weighted by molar-refractivity contribution is 7.99. The Morgan fingerprint density at radius 2 is 1.84 bits per heavy atom. The molecule has 0 atom stereocenters. The molecule has 2 heterocycles. The number of halogens is 1. The maximum Gasteiger partial charge on any atom is 0.244 e. The van der Waals surface area contributed by atoms with E-state index in [0.717, 1.165) is 21.8 Å². The lowest BCUT2D eigenvalue weighted by molar-refractivity contribution is -0.120. The number of thioether (sulfide) groups is 1. The zero-order chi connectivity index (χ0) is 22.1. The summed E-state index contributed by atoms with van der Waals surface area (Å²) in [5.74, 6) is -0.186. The van der Waals surface area contributed by atoms with E-state index in [1.54, 1.807) is 6.07 Å². The molecule has 2 amide bonds. The number of hydrogen-bond donors (Lipinski definition) is 1. The van der Waals surface area contributed by atoms with Gasteiger partial charge in [-0.25, -0.2) is 4.98 Å². The molecule has 160 valence electrons. The molecular formula is C24H19ClN4O2S. The summed E-state index contributed by atoms with van der Waals surface area (Å²) in [4.78, 5) is 31.4. The summed E-state index contributed by atoms with van der Waals surface area (Å²) in [5.41, 5.74) is 4.23. The number of hydrogen-bond acceptors (Lipinski definition) is 4. The lowest BCUT2D eigenvalue weighted by atomic mass is 10.2. The molecule has 0 fully saturated rings. The fourth-order valence-corrected chi connectivity index (χ4v) is 4.83. The number of rotatable bonds is 5. The van der Waals surface area contributed by atoms with Gasteiger partial charge in [-0.2, -0.15) is 0 Å². The number of benzene rings is 3. The highest BCUT2D eigenvalue weighted by Gasteiger charge is 2.27. The quantitative estimate of drug-likeness (QED) is 0.432. The van der Waals surface area contributed by atoms with E-state index in [9.17, 15) is 9.59 Å². The van der Waals surface area contributed by atoms with Gasteiger partial charge in [0.2, 0.25) is 11.8 Å². The third kappa shape index (κ3) is 4.09. The molecule has 1 N–H and O–H groups in total. The van der Waals surface area contributed by atoms with Crippen LogP contribution in [0.25, 0.3) is 11.0 Å². The number of anilines is 2. The number of carbonyl (C=O) groups excluding carboxylic acids is 2. The molecule has 3 aromatic carbocycles. The van der Waals surface area contributed by atoms with Crippen LogP contribution in [-0.4, -0.2) is 33.7 Å². The average Bonchev–Trinajstić information content (AvgIpc) is 3.13. The zero-order valence-electron chi connectivity index (χ0n) is 17.0. The highest BCUT2D eigenvalue weighted by atomic mass is 35.5. The second-order valence-corrected chi connectivity index (χ2v) is 8.81. The molecule has 0 unspecified atom stereocenters. The van der Waals surface area contributed by atoms with Crippen LogP contribution >= 0.6 is 23.4 Å². The van der Waals surface area contributed by atoms with Crippen molar-refractivity contribution in [1.82, 2.24) is 9.55 Å². The normalized spacial score (nSPS) is 13.2. The molecule has 8 heteroatoms. The van der Waals surface area contributed by atoms with Crippen LogP contribution in [0.3, 0.4) is 0 Å². The van der Waals surface area contributed by atoms with Gasteiger partial charge < -0.3 is 14.8 Å². The first kappa shape index (κ1) is 20.6. The maximum atomic E-state index is 13.1. The summed E-state index contributed by atoms with van der Waals surface area (Å²) >= 11 is 7.54. The Morgan fingerprint density at radius 3 is 2.69 bits per heavy atom. The van der Waals surface area contributed by atoms with Gasteiger partial charge in [-0.3, -0.25) is 9.59 Å². The average molecular weight is 463 g/mol. The van der Waals surface area contributed by atoms with Crippen molar-refractivity contribution in [2.75, 3.05) is 22.5 Å². The van der Waals surface area contributed by atoms with Gasteiger partial charge >= 0.3 is 0 Å². The van der Waals surface area contributed by atoms with Gasteiger partial charge in [0.05, 0.1) is 34.7 Å². The summed E-state index contributed by atoms with van der Waals surface area (Å²) < 4.78 is 2.09. The molecular weight excluding hydrogens is 444 g/mol. The predicted octanol–water partition coefficient (Wildman–Crippen LogP) is 4.82. The number of aromatic nitrogens is 2. The van der Waals surface area contributed by atoms with Crippen molar-refractivity contribution in [1.29, 1.82) is 0 Å². The van der Waals surface area contributed by atoms with Crippen molar-refractivity contribution in [3.8, 4) is 0 Å². The number of fused-ring (bicyclic) bond motifs is 2. The van der Waals surface area contributed by atoms with Crippen molar-refractivity contribution in [3.05, 3.63) is 83.4 Å². The van der Waals surface area contributed by atoms with Crippen molar-refractivity contribution < 1.29 is 9.59 Å². The summed E-state index contributed by atoms with van der Waals surface area (Å²) in [6.07, 6.45) is 0. The number of carbonyl (C=O) groups is 2. The van der Waals surface area contributed by atoms with E-state index in [4.69, 9.17) is 16.6 Å². The first-order valence-corrected chi connectivity index (χ1v) is 11.5. The van der Waals surface area contributed by atoms with Crippen LogP contribution in [0.1, 0.15) is 5.56 Å². The number of nitrogens with one attached hydrogen (secondary N) is 1. The molecule has 4 aromatic rings. The minimum Gasteiger partial charge on any atom is -0.323 e. The Morgan fingerprint density at radius 1 is 1.06 bits per heavy atom. The van der Waals surface area contributed by atoms with Crippen molar-refractivity contribution in [3.63, 3.8) is 0 Å². The van der Waals surface area contributed by atoms with E-state index in [1.807, 2.05) is 54.6 Å². The van der Waals surface area contributed by atoms with Gasteiger partial charge in [-0.05, 0) is 35.9 Å². The molecule has 6 nitrogen and oxygen atoms in total. The Hall–Kier alpha value is -3.29. The lowest BCUT2D eigenvalue weighted by Crippen LogP contribution is -2.43. The Balaban J connectivity index is 1.42. The van der Waals surface area contributed by atoms with Gasteiger partial charge in [0, 0.05) is 5.02 Å². The second-order valence-electron chi connectivity index (χ2n) is 7.43. The minimum absolute atomic E-state index is 0.00639. The van der Waals surface area contributed by atoms with Gasteiger partial charge in [-0.1, -0.05) is 65.8 Å². The largest absolute Gasteiger partial charge is 0.323 e. The summed E-state index contributed by atoms with van der Waals surface area (Å²) in [6.45, 7) is 0.636. The molecule has 0 aliphatic carbocycles. The van der Waals surface area contributed by atoms with Crippen molar-refractivity contribution in [2.24, 2.45) is 0 Å². The summed E-state index contributed by atoms with van der Waals surface area (Å²) in [5, 5.41) is 4.16. The molecule has 5 rings (SSSR count). The van der Waals surface area contributed by atoms with E-state index in [1.165, 1.54) is 16.7 Å². The fraction of sp³-hybridized carbons (Fsp3) is 0.125. The molecule has 1 aromatic heterocycles. The molecule has 0 spiro atoms. The molecule has 1 aliphatic rings. The molecule has 0 bridgehead atoms. The number of nitrogens with zero attached hydrogens (tertiary/aromatic N) is 3. The van der Waals surface area contributed by atoms with Crippen molar-refractivity contribution >= 4 is 57.6 Å².